The molecular formula is C8H8FIN2O2. The van der Waals surface area contributed by atoms with E-state index in [0.29, 0.717) is 3.57 Å². The van der Waals surface area contributed by atoms with Crippen LogP contribution in [-0.2, 0) is 4.79 Å². The van der Waals surface area contributed by atoms with Crippen LogP contribution in [0.4, 0.5) is 4.39 Å². The van der Waals surface area contributed by atoms with Gasteiger partial charge in [0.15, 0.2) is 0 Å². The molecule has 1 rings (SSSR count). The first-order valence-corrected chi connectivity index (χ1v) is 4.87. The zero-order valence-electron chi connectivity index (χ0n) is 7.08. The summed E-state index contributed by atoms with van der Waals surface area (Å²) in [5.41, 5.74) is 5.69. The lowest BCUT2D eigenvalue weighted by Gasteiger charge is -2.11. The van der Waals surface area contributed by atoms with Crippen molar-refractivity contribution < 1.29 is 14.3 Å². The molecule has 0 fully saturated rings. The van der Waals surface area contributed by atoms with E-state index in [1.54, 1.807) is 6.07 Å². The lowest BCUT2D eigenvalue weighted by Crippen LogP contribution is -2.18. The van der Waals surface area contributed by atoms with Gasteiger partial charge < -0.3 is 10.8 Å². The van der Waals surface area contributed by atoms with E-state index in [-0.39, 0.29) is 12.0 Å². The number of aromatic nitrogens is 1. The Hall–Kier alpha value is -0.760. The highest BCUT2D eigenvalue weighted by Crippen LogP contribution is 2.22. The van der Waals surface area contributed by atoms with Gasteiger partial charge in [0.05, 0.1) is 6.42 Å². The molecule has 0 amide bonds. The number of carboxylic acids is 1. The molecule has 0 bridgehead atoms. The Bertz CT molecular complexity index is 339. The Morgan fingerprint density at radius 3 is 2.93 bits per heavy atom. The zero-order valence-corrected chi connectivity index (χ0v) is 9.23. The predicted molar refractivity (Wildman–Crippen MR) is 56.1 cm³/mol. The number of carboxylic acid groups (broad SMARTS) is 1. The van der Waals surface area contributed by atoms with Crippen LogP contribution in [0.5, 0.6) is 0 Å². The van der Waals surface area contributed by atoms with Gasteiger partial charge in [-0.05, 0) is 28.7 Å². The second kappa shape index (κ2) is 4.65. The second-order valence-electron chi connectivity index (χ2n) is 2.70. The SMILES string of the molecule is N[C@@H](CC(=O)O)c1c(I)ccnc1F. The first-order chi connectivity index (χ1) is 6.52. The molecule has 1 atom stereocenters. The number of aliphatic carboxylic acids is 1. The van der Waals surface area contributed by atoms with Crippen LogP contribution in [0.3, 0.4) is 0 Å². The Labute approximate surface area is 93.5 Å². The summed E-state index contributed by atoms with van der Waals surface area (Å²) in [5.74, 6) is -1.76. The van der Waals surface area contributed by atoms with Crippen molar-refractivity contribution in [2.24, 2.45) is 5.73 Å². The average molecular weight is 310 g/mol. The minimum absolute atomic E-state index is 0.163. The predicted octanol–water partition coefficient (Wildman–Crippen LogP) is 1.30. The Kier molecular flexibility index (Phi) is 3.76. The van der Waals surface area contributed by atoms with E-state index in [1.165, 1.54) is 6.20 Å². The van der Waals surface area contributed by atoms with Crippen LogP contribution < -0.4 is 5.73 Å². The lowest BCUT2D eigenvalue weighted by molar-refractivity contribution is -0.137. The highest BCUT2D eigenvalue weighted by molar-refractivity contribution is 14.1. The molecule has 0 unspecified atom stereocenters. The number of halogens is 2. The highest BCUT2D eigenvalue weighted by Gasteiger charge is 2.18. The fourth-order valence-corrected chi connectivity index (χ4v) is 1.83. The molecule has 1 heterocycles. The van der Waals surface area contributed by atoms with Gasteiger partial charge >= 0.3 is 5.97 Å². The summed E-state index contributed by atoms with van der Waals surface area (Å²) in [6.45, 7) is 0. The summed E-state index contributed by atoms with van der Waals surface area (Å²) in [4.78, 5) is 13.8. The fourth-order valence-electron chi connectivity index (χ4n) is 1.05. The number of pyridine rings is 1. The van der Waals surface area contributed by atoms with Gasteiger partial charge in [-0.25, -0.2) is 4.98 Å². The largest absolute Gasteiger partial charge is 0.481 e. The molecule has 76 valence electrons. The molecule has 3 N–H and O–H groups in total. The highest BCUT2D eigenvalue weighted by atomic mass is 127. The average Bonchev–Trinajstić information content (AvgIpc) is 2.01. The van der Waals surface area contributed by atoms with E-state index in [9.17, 15) is 9.18 Å². The summed E-state index contributed by atoms with van der Waals surface area (Å²) in [7, 11) is 0. The molecule has 0 aliphatic carbocycles. The van der Waals surface area contributed by atoms with Gasteiger partial charge in [0.25, 0.3) is 0 Å². The van der Waals surface area contributed by atoms with Crippen LogP contribution >= 0.6 is 22.6 Å². The van der Waals surface area contributed by atoms with E-state index in [2.05, 4.69) is 4.98 Å². The summed E-state index contributed by atoms with van der Waals surface area (Å²) in [5, 5.41) is 8.50. The van der Waals surface area contributed by atoms with E-state index in [0.717, 1.165) is 0 Å². The van der Waals surface area contributed by atoms with Gasteiger partial charge in [0.2, 0.25) is 5.95 Å². The number of rotatable bonds is 3. The molecule has 0 saturated carbocycles. The quantitative estimate of drug-likeness (QED) is 0.652. The Morgan fingerprint density at radius 1 is 1.79 bits per heavy atom. The molecule has 0 saturated heterocycles. The third-order valence-electron chi connectivity index (χ3n) is 1.65. The van der Waals surface area contributed by atoms with Gasteiger partial charge in [0.1, 0.15) is 0 Å². The molecule has 1 aromatic rings. The molecule has 6 heteroatoms. The number of nitrogens with zero attached hydrogens (tertiary/aromatic N) is 1. The second-order valence-corrected chi connectivity index (χ2v) is 3.86. The van der Waals surface area contributed by atoms with Crippen LogP contribution in [-0.4, -0.2) is 16.1 Å². The first-order valence-electron chi connectivity index (χ1n) is 3.79. The van der Waals surface area contributed by atoms with Crippen LogP contribution in [0, 0.1) is 9.52 Å². The van der Waals surface area contributed by atoms with Gasteiger partial charge in [-0.2, -0.15) is 4.39 Å². The molecule has 0 aliphatic heterocycles. The van der Waals surface area contributed by atoms with E-state index in [1.807, 2.05) is 22.6 Å². The molecular weight excluding hydrogens is 302 g/mol. The number of hydrogen-bond donors (Lipinski definition) is 2. The van der Waals surface area contributed by atoms with Gasteiger partial charge in [-0.1, -0.05) is 0 Å². The van der Waals surface area contributed by atoms with E-state index < -0.39 is 18.0 Å². The lowest BCUT2D eigenvalue weighted by atomic mass is 10.1. The molecule has 0 aliphatic rings. The Morgan fingerprint density at radius 2 is 2.43 bits per heavy atom. The molecule has 1 aromatic heterocycles. The van der Waals surface area contributed by atoms with Crippen LogP contribution in [0.2, 0.25) is 0 Å². The third-order valence-corrected chi connectivity index (χ3v) is 2.59. The minimum atomic E-state index is -1.06. The van der Waals surface area contributed by atoms with Crippen molar-refractivity contribution in [1.29, 1.82) is 0 Å². The molecule has 0 spiro atoms. The van der Waals surface area contributed by atoms with Crippen molar-refractivity contribution >= 4 is 28.6 Å². The van der Waals surface area contributed by atoms with Gasteiger partial charge in [-0.3, -0.25) is 4.79 Å². The summed E-state index contributed by atoms with van der Waals surface area (Å²) < 4.78 is 13.7. The Balaban J connectivity index is 2.99. The van der Waals surface area contributed by atoms with Gasteiger partial charge in [0, 0.05) is 21.4 Å². The van der Waals surface area contributed by atoms with Crippen molar-refractivity contribution in [3.63, 3.8) is 0 Å². The fraction of sp³-hybridized carbons (Fsp3) is 0.250. The topological polar surface area (TPSA) is 76.2 Å². The molecule has 14 heavy (non-hydrogen) atoms. The smallest absolute Gasteiger partial charge is 0.305 e. The minimum Gasteiger partial charge on any atom is -0.481 e. The summed E-state index contributed by atoms with van der Waals surface area (Å²) in [6.07, 6.45) is 1.01. The third kappa shape index (κ3) is 2.61. The van der Waals surface area contributed by atoms with Crippen molar-refractivity contribution in [2.45, 2.75) is 12.5 Å². The standard InChI is InChI=1S/C8H8FIN2O2/c9-8-7(4(10)1-2-12-8)5(11)3-6(13)14/h1-2,5H,3,11H2,(H,13,14)/t5-/m0/s1. The summed E-state index contributed by atoms with van der Waals surface area (Å²) in [6, 6.07) is 0.730. The maximum absolute atomic E-state index is 13.2. The molecule has 0 aromatic carbocycles. The number of carbonyl (C=O) groups is 1. The van der Waals surface area contributed by atoms with Crippen LogP contribution in [0.15, 0.2) is 12.3 Å². The number of nitrogens with two attached hydrogens (primary N) is 1. The van der Waals surface area contributed by atoms with Crippen LogP contribution in [0.25, 0.3) is 0 Å². The van der Waals surface area contributed by atoms with Crippen molar-refractivity contribution in [1.82, 2.24) is 4.98 Å². The maximum atomic E-state index is 13.2. The van der Waals surface area contributed by atoms with Crippen molar-refractivity contribution in [3.05, 3.63) is 27.3 Å². The van der Waals surface area contributed by atoms with Gasteiger partial charge in [-0.15, -0.1) is 0 Å². The van der Waals surface area contributed by atoms with E-state index >= 15 is 0 Å². The summed E-state index contributed by atoms with van der Waals surface area (Å²) >= 11 is 1.90. The molecule has 4 nitrogen and oxygen atoms in total. The monoisotopic (exact) mass is 310 g/mol. The van der Waals surface area contributed by atoms with E-state index in [4.69, 9.17) is 10.8 Å². The first kappa shape index (κ1) is 11.3. The normalized spacial score (nSPS) is 12.5. The van der Waals surface area contributed by atoms with Crippen molar-refractivity contribution in [2.75, 3.05) is 0 Å². The molecule has 0 radical (unpaired) electrons. The zero-order chi connectivity index (χ0) is 10.7. The number of hydrogen-bond acceptors (Lipinski definition) is 3. The van der Waals surface area contributed by atoms with Crippen LogP contribution in [0.1, 0.15) is 18.0 Å². The maximum Gasteiger partial charge on any atom is 0.305 e. The van der Waals surface area contributed by atoms with Crippen molar-refractivity contribution in [3.8, 4) is 0 Å².